The molecule has 3 atom stereocenters. The van der Waals surface area contributed by atoms with Gasteiger partial charge in [0.05, 0.1) is 36.1 Å². The van der Waals surface area contributed by atoms with Crippen molar-refractivity contribution in [3.63, 3.8) is 0 Å². The third-order valence-electron chi connectivity index (χ3n) is 10.6. The number of benzene rings is 3. The molecule has 1 aliphatic carbocycles. The lowest BCUT2D eigenvalue weighted by Crippen LogP contribution is -2.31. The molecule has 2 aliphatic heterocycles. The average Bonchev–Trinajstić information content (AvgIpc) is 3.72. The second-order valence-corrected chi connectivity index (χ2v) is 14.6. The topological polar surface area (TPSA) is 97.6 Å². The number of aryl methyl sites for hydroxylation is 1. The van der Waals surface area contributed by atoms with Crippen LogP contribution >= 0.6 is 11.3 Å². The molecule has 3 N–H and O–H groups in total. The number of phenolic OH excluding ortho intramolecular Hbond substituents is 1. The van der Waals surface area contributed by atoms with Crippen LogP contribution in [0, 0.1) is 6.92 Å². The molecule has 0 bridgehead atoms. The average molecular weight is 663 g/mol. The summed E-state index contributed by atoms with van der Waals surface area (Å²) in [6.07, 6.45) is 6.76. The monoisotopic (exact) mass is 662 g/mol. The maximum atomic E-state index is 14.2. The summed E-state index contributed by atoms with van der Waals surface area (Å²) in [6.45, 7) is 5.38. The van der Waals surface area contributed by atoms with Gasteiger partial charge in [-0.05, 0) is 92.6 Å². The maximum absolute atomic E-state index is 14.2. The van der Waals surface area contributed by atoms with Crippen LogP contribution in [0.5, 0.6) is 17.2 Å². The summed E-state index contributed by atoms with van der Waals surface area (Å²) < 4.78 is 14.2. The third kappa shape index (κ3) is 5.48. The van der Waals surface area contributed by atoms with Gasteiger partial charge >= 0.3 is 0 Å². The van der Waals surface area contributed by atoms with Crippen LogP contribution < -0.4 is 20.1 Å². The number of ether oxygens (including phenoxy) is 2. The zero-order valence-electron chi connectivity index (χ0n) is 27.7. The highest BCUT2D eigenvalue weighted by molar-refractivity contribution is 7.09. The van der Waals surface area contributed by atoms with E-state index in [1.165, 1.54) is 48.7 Å². The number of nitrogens with zero attached hydrogens (tertiary/aromatic N) is 2. The third-order valence-corrected chi connectivity index (χ3v) is 11.4. The highest BCUT2D eigenvalue weighted by Crippen LogP contribution is 2.48. The fourth-order valence-electron chi connectivity index (χ4n) is 8.26. The number of anilines is 1. The van der Waals surface area contributed by atoms with Crippen molar-refractivity contribution >= 4 is 33.8 Å². The first-order chi connectivity index (χ1) is 23.4. The number of thiazole rings is 1. The number of amides is 1. The molecule has 4 heterocycles. The molecular weight excluding hydrogens is 621 g/mol. The van der Waals surface area contributed by atoms with E-state index < -0.39 is 0 Å². The molecule has 9 heteroatoms. The van der Waals surface area contributed by atoms with E-state index in [1.807, 2.05) is 37.3 Å². The Kier molecular flexibility index (Phi) is 8.03. The van der Waals surface area contributed by atoms with E-state index in [-0.39, 0.29) is 29.7 Å². The van der Waals surface area contributed by atoms with Crippen molar-refractivity contribution in [1.82, 2.24) is 14.9 Å². The summed E-state index contributed by atoms with van der Waals surface area (Å²) in [5.74, 6) is 2.32. The normalized spacial score (nSPS) is 19.4. The fourth-order valence-corrected chi connectivity index (χ4v) is 8.93. The van der Waals surface area contributed by atoms with E-state index in [0.717, 1.165) is 44.5 Å². The lowest BCUT2D eigenvalue weighted by Gasteiger charge is -2.24. The Morgan fingerprint density at radius 1 is 1.15 bits per heavy atom. The van der Waals surface area contributed by atoms with Gasteiger partial charge < -0.3 is 29.8 Å². The van der Waals surface area contributed by atoms with Gasteiger partial charge in [-0.2, -0.15) is 0 Å². The number of phenols is 1. The highest BCUT2D eigenvalue weighted by Gasteiger charge is 2.34. The van der Waals surface area contributed by atoms with Gasteiger partial charge in [-0.1, -0.05) is 25.3 Å². The van der Waals surface area contributed by atoms with Crippen LogP contribution in [-0.2, 0) is 6.54 Å². The van der Waals surface area contributed by atoms with E-state index in [2.05, 4.69) is 45.7 Å². The minimum Gasteiger partial charge on any atom is -0.508 e. The number of carbonyl (C=O) groups excluding carboxylic acids is 1. The number of aromatic nitrogens is 2. The number of fused-ring (bicyclic) bond motifs is 6. The van der Waals surface area contributed by atoms with Crippen molar-refractivity contribution < 1.29 is 19.4 Å². The van der Waals surface area contributed by atoms with Crippen LogP contribution in [-0.4, -0.2) is 40.3 Å². The lowest BCUT2D eigenvalue weighted by atomic mass is 9.81. The van der Waals surface area contributed by atoms with E-state index >= 15 is 0 Å². The van der Waals surface area contributed by atoms with Crippen molar-refractivity contribution in [2.75, 3.05) is 19.0 Å². The van der Waals surface area contributed by atoms with E-state index in [0.29, 0.717) is 31.1 Å². The molecule has 0 saturated heterocycles. The Morgan fingerprint density at radius 3 is 2.79 bits per heavy atom. The van der Waals surface area contributed by atoms with Crippen molar-refractivity contribution in [2.45, 2.75) is 82.8 Å². The van der Waals surface area contributed by atoms with Crippen molar-refractivity contribution in [3.8, 4) is 28.5 Å². The van der Waals surface area contributed by atoms with E-state index in [1.54, 1.807) is 24.5 Å². The van der Waals surface area contributed by atoms with Crippen LogP contribution in [0.25, 0.3) is 22.2 Å². The minimum absolute atomic E-state index is 0.0972. The molecule has 1 saturated carbocycles. The second kappa shape index (κ2) is 12.5. The molecule has 48 heavy (non-hydrogen) atoms. The first-order valence-corrected chi connectivity index (χ1v) is 18.1. The minimum atomic E-state index is -0.293. The molecule has 2 aromatic heterocycles. The number of hydrogen-bond acceptors (Lipinski definition) is 7. The molecule has 0 radical (unpaired) electrons. The van der Waals surface area contributed by atoms with E-state index in [4.69, 9.17) is 14.5 Å². The standard InChI is InChI=1S/C39H42N4O4S/c1-22-30(31-18-26(44)10-14-32(31)40-22)20-33(34-21-48-23(2)41-34)42-39(45)25-9-12-28-35(17-25)43-15-16-47-36-19-27(46-3)11-13-29(36)38(43)37(28)24-7-5-4-6-8-24/h9-14,17-19,21-22,24,30,33,40,44H,4-8,15-16,20H2,1-3H3,(H,42,45). The molecule has 1 amide bonds. The molecule has 8 rings (SSSR count). The zero-order valence-corrected chi connectivity index (χ0v) is 28.5. The van der Waals surface area contributed by atoms with Gasteiger partial charge in [0.1, 0.15) is 23.9 Å². The van der Waals surface area contributed by atoms with Crippen molar-refractivity contribution in [2.24, 2.45) is 0 Å². The molecule has 248 valence electrons. The number of hydrogen-bond donors (Lipinski definition) is 3. The molecule has 3 aromatic carbocycles. The highest BCUT2D eigenvalue weighted by atomic mass is 32.1. The number of aromatic hydroxyl groups is 1. The van der Waals surface area contributed by atoms with Gasteiger partial charge in [0.15, 0.2) is 0 Å². The van der Waals surface area contributed by atoms with Gasteiger partial charge in [0, 0.05) is 51.1 Å². The molecule has 3 aliphatic rings. The van der Waals surface area contributed by atoms with Crippen LogP contribution in [0.2, 0.25) is 0 Å². The number of nitrogens with one attached hydrogen (secondary N) is 2. The Morgan fingerprint density at radius 2 is 2.00 bits per heavy atom. The van der Waals surface area contributed by atoms with Gasteiger partial charge in [-0.3, -0.25) is 4.79 Å². The number of carbonyl (C=O) groups is 1. The first kappa shape index (κ1) is 30.8. The summed E-state index contributed by atoms with van der Waals surface area (Å²) in [5, 5.41) is 21.5. The summed E-state index contributed by atoms with van der Waals surface area (Å²) in [7, 11) is 1.69. The van der Waals surface area contributed by atoms with Gasteiger partial charge in [-0.25, -0.2) is 4.98 Å². The van der Waals surface area contributed by atoms with Gasteiger partial charge in [-0.15, -0.1) is 11.3 Å². The SMILES string of the molecule is COc1ccc2c(c1)OCCn1c-2c(C2CCCCC2)c2ccc(C(=O)NC(CC3c4cc(O)ccc4NC3C)c3csc(C)n3)cc21. The Hall–Kier alpha value is -4.50. The molecular formula is C39H42N4O4S. The predicted molar refractivity (Wildman–Crippen MR) is 191 cm³/mol. The lowest BCUT2D eigenvalue weighted by molar-refractivity contribution is 0.0932. The van der Waals surface area contributed by atoms with Crippen LogP contribution in [0.4, 0.5) is 5.69 Å². The quantitative estimate of drug-likeness (QED) is 0.151. The van der Waals surface area contributed by atoms with Crippen molar-refractivity contribution in [1.29, 1.82) is 0 Å². The number of methoxy groups -OCH3 is 1. The zero-order chi connectivity index (χ0) is 32.9. The van der Waals surface area contributed by atoms with Crippen LogP contribution in [0.1, 0.15) is 95.5 Å². The first-order valence-electron chi connectivity index (χ1n) is 17.2. The summed E-state index contributed by atoms with van der Waals surface area (Å²) >= 11 is 1.59. The maximum Gasteiger partial charge on any atom is 0.251 e. The van der Waals surface area contributed by atoms with Crippen molar-refractivity contribution in [3.05, 3.63) is 87.4 Å². The number of rotatable bonds is 7. The predicted octanol–water partition coefficient (Wildman–Crippen LogP) is 8.69. The summed E-state index contributed by atoms with van der Waals surface area (Å²) in [5.41, 5.74) is 8.35. The largest absolute Gasteiger partial charge is 0.508 e. The smallest absolute Gasteiger partial charge is 0.251 e. The Balaban J connectivity index is 1.17. The van der Waals surface area contributed by atoms with Gasteiger partial charge in [0.2, 0.25) is 0 Å². The molecule has 1 fully saturated rings. The van der Waals surface area contributed by atoms with Crippen LogP contribution in [0.3, 0.4) is 0 Å². The molecule has 0 spiro atoms. The van der Waals surface area contributed by atoms with Crippen LogP contribution in [0.15, 0.2) is 60.0 Å². The molecule has 8 nitrogen and oxygen atoms in total. The summed E-state index contributed by atoms with van der Waals surface area (Å²) in [6, 6.07) is 17.7. The Labute approximate surface area is 285 Å². The Bertz CT molecular complexity index is 2010. The fraction of sp³-hybridized carbons (Fsp3) is 0.385. The van der Waals surface area contributed by atoms with Gasteiger partial charge in [0.25, 0.3) is 5.91 Å². The summed E-state index contributed by atoms with van der Waals surface area (Å²) in [4.78, 5) is 19.0. The second-order valence-electron chi connectivity index (χ2n) is 13.6. The molecule has 5 aromatic rings. The molecule has 3 unspecified atom stereocenters. The van der Waals surface area contributed by atoms with E-state index in [9.17, 15) is 9.90 Å².